The maximum atomic E-state index is 13.4. The van der Waals surface area contributed by atoms with E-state index in [1.54, 1.807) is 17.9 Å². The van der Waals surface area contributed by atoms with E-state index in [4.69, 9.17) is 9.47 Å². The second-order valence-electron chi connectivity index (χ2n) is 7.87. The number of nitrogens with zero attached hydrogens (tertiary/aromatic N) is 1. The normalized spacial score (nSPS) is 14.7. The smallest absolute Gasteiger partial charge is 0.340 e. The summed E-state index contributed by atoms with van der Waals surface area (Å²) in [5, 5.41) is 0. The number of allylic oxidation sites excluding steroid dienone is 1. The van der Waals surface area contributed by atoms with E-state index in [1.807, 2.05) is 85.8 Å². The second-order valence-corrected chi connectivity index (χ2v) is 7.87. The number of rotatable bonds is 6. The fraction of sp³-hybridized carbons (Fsp3) is 0.143. The molecule has 0 spiro atoms. The molecule has 166 valence electrons. The lowest BCUT2D eigenvalue weighted by atomic mass is 10.0. The lowest BCUT2D eigenvalue weighted by Crippen LogP contribution is -2.24. The van der Waals surface area contributed by atoms with Crippen molar-refractivity contribution in [2.75, 3.05) is 7.11 Å². The predicted octanol–water partition coefficient (Wildman–Crippen LogP) is 5.66. The third-order valence-electron chi connectivity index (χ3n) is 5.51. The summed E-state index contributed by atoms with van der Waals surface area (Å²) in [6, 6.07) is 24.8. The molecule has 0 N–H and O–H groups in total. The standard InChI is InChI=1S/C28H25NO4/c1-19-12-14-21(15-13-19)18-29-20(2)26(28(31)32-3)25(27(29)30)17-22-8-7-11-24(16-22)33-23-9-5-4-6-10-23/h4-17H,18H2,1-3H3/b25-17-. The molecule has 5 heteroatoms. The maximum absolute atomic E-state index is 13.4. The molecular weight excluding hydrogens is 414 g/mol. The first-order valence-electron chi connectivity index (χ1n) is 10.7. The first-order chi connectivity index (χ1) is 16.0. The summed E-state index contributed by atoms with van der Waals surface area (Å²) in [5.74, 6) is 0.588. The van der Waals surface area contributed by atoms with Gasteiger partial charge in [0.15, 0.2) is 0 Å². The maximum Gasteiger partial charge on any atom is 0.340 e. The Bertz CT molecular complexity index is 1240. The van der Waals surface area contributed by atoms with Crippen LogP contribution in [0.15, 0.2) is 95.7 Å². The molecule has 3 aromatic rings. The van der Waals surface area contributed by atoms with Gasteiger partial charge in [-0.3, -0.25) is 4.79 Å². The molecule has 0 bridgehead atoms. The SMILES string of the molecule is COC(=O)C1=C(C)N(Cc2ccc(C)cc2)C(=O)/C1=C\c1cccc(Oc2ccccc2)c1. The summed E-state index contributed by atoms with van der Waals surface area (Å²) in [6.45, 7) is 4.16. The van der Waals surface area contributed by atoms with Crippen LogP contribution < -0.4 is 4.74 Å². The number of hydrogen-bond donors (Lipinski definition) is 0. The van der Waals surface area contributed by atoms with E-state index in [0.29, 0.717) is 23.6 Å². The highest BCUT2D eigenvalue weighted by atomic mass is 16.5. The van der Waals surface area contributed by atoms with Crippen LogP contribution in [0.4, 0.5) is 0 Å². The highest BCUT2D eigenvalue weighted by molar-refractivity contribution is 6.16. The zero-order chi connectivity index (χ0) is 23.4. The van der Waals surface area contributed by atoms with Crippen molar-refractivity contribution in [2.24, 2.45) is 0 Å². The Morgan fingerprint density at radius 2 is 1.61 bits per heavy atom. The molecule has 0 fully saturated rings. The number of amides is 1. The van der Waals surface area contributed by atoms with Crippen molar-refractivity contribution in [1.82, 2.24) is 4.90 Å². The average Bonchev–Trinajstić information content (AvgIpc) is 3.05. The van der Waals surface area contributed by atoms with Gasteiger partial charge in [0.25, 0.3) is 5.91 Å². The molecule has 1 aliphatic rings. The van der Waals surface area contributed by atoms with Crippen molar-refractivity contribution >= 4 is 18.0 Å². The van der Waals surface area contributed by atoms with Crippen LogP contribution in [-0.4, -0.2) is 23.9 Å². The van der Waals surface area contributed by atoms with E-state index in [1.165, 1.54) is 7.11 Å². The minimum Gasteiger partial charge on any atom is -0.465 e. The number of benzene rings is 3. The molecule has 0 saturated heterocycles. The number of para-hydroxylation sites is 1. The van der Waals surface area contributed by atoms with Gasteiger partial charge >= 0.3 is 5.97 Å². The van der Waals surface area contributed by atoms with Crippen LogP contribution >= 0.6 is 0 Å². The van der Waals surface area contributed by atoms with Gasteiger partial charge in [0.2, 0.25) is 0 Å². The summed E-state index contributed by atoms with van der Waals surface area (Å²) in [6.07, 6.45) is 1.71. The van der Waals surface area contributed by atoms with Gasteiger partial charge in [-0.05, 0) is 55.3 Å². The number of aryl methyl sites for hydroxylation is 1. The third-order valence-corrected chi connectivity index (χ3v) is 5.51. The number of methoxy groups -OCH3 is 1. The Balaban J connectivity index is 1.67. The van der Waals surface area contributed by atoms with E-state index in [0.717, 1.165) is 22.4 Å². The minimum absolute atomic E-state index is 0.233. The number of hydrogen-bond acceptors (Lipinski definition) is 4. The molecule has 3 aromatic carbocycles. The molecular formula is C28H25NO4. The van der Waals surface area contributed by atoms with Gasteiger partial charge < -0.3 is 14.4 Å². The Morgan fingerprint density at radius 3 is 2.30 bits per heavy atom. The minimum atomic E-state index is -0.532. The molecule has 1 aliphatic heterocycles. The van der Waals surface area contributed by atoms with Crippen LogP contribution in [-0.2, 0) is 20.9 Å². The van der Waals surface area contributed by atoms with Gasteiger partial charge in [-0.2, -0.15) is 0 Å². The molecule has 5 nitrogen and oxygen atoms in total. The molecule has 0 atom stereocenters. The summed E-state index contributed by atoms with van der Waals surface area (Å²) >= 11 is 0. The highest BCUT2D eigenvalue weighted by Gasteiger charge is 2.36. The summed E-state index contributed by atoms with van der Waals surface area (Å²) in [4.78, 5) is 27.6. The van der Waals surface area contributed by atoms with Crippen molar-refractivity contribution in [3.05, 3.63) is 112 Å². The lowest BCUT2D eigenvalue weighted by Gasteiger charge is -2.18. The quantitative estimate of drug-likeness (QED) is 0.367. The number of carbonyl (C=O) groups excluding carboxylic acids is 2. The van der Waals surface area contributed by atoms with Crippen molar-refractivity contribution in [3.63, 3.8) is 0 Å². The molecule has 0 saturated carbocycles. The van der Waals surface area contributed by atoms with Crippen molar-refractivity contribution in [3.8, 4) is 11.5 Å². The van der Waals surface area contributed by atoms with Gasteiger partial charge in [-0.25, -0.2) is 4.79 Å². The van der Waals surface area contributed by atoms with Crippen molar-refractivity contribution in [2.45, 2.75) is 20.4 Å². The Morgan fingerprint density at radius 1 is 0.909 bits per heavy atom. The van der Waals surface area contributed by atoms with E-state index in [2.05, 4.69) is 0 Å². The van der Waals surface area contributed by atoms with Crippen LogP contribution in [0.2, 0.25) is 0 Å². The first-order valence-corrected chi connectivity index (χ1v) is 10.7. The van der Waals surface area contributed by atoms with E-state index < -0.39 is 5.97 Å². The van der Waals surface area contributed by atoms with Gasteiger partial charge in [0, 0.05) is 5.70 Å². The molecule has 1 heterocycles. The van der Waals surface area contributed by atoms with Crippen LogP contribution in [0, 0.1) is 6.92 Å². The molecule has 0 aliphatic carbocycles. The Kier molecular flexibility index (Phi) is 6.41. The van der Waals surface area contributed by atoms with Gasteiger partial charge in [-0.15, -0.1) is 0 Å². The van der Waals surface area contributed by atoms with Crippen molar-refractivity contribution in [1.29, 1.82) is 0 Å². The van der Waals surface area contributed by atoms with Gasteiger partial charge in [0.1, 0.15) is 11.5 Å². The zero-order valence-corrected chi connectivity index (χ0v) is 18.9. The van der Waals surface area contributed by atoms with Crippen LogP contribution in [0.3, 0.4) is 0 Å². The number of esters is 1. The van der Waals surface area contributed by atoms with E-state index in [9.17, 15) is 9.59 Å². The van der Waals surface area contributed by atoms with Crippen LogP contribution in [0.1, 0.15) is 23.6 Å². The zero-order valence-electron chi connectivity index (χ0n) is 18.9. The molecule has 0 unspecified atom stereocenters. The summed E-state index contributed by atoms with van der Waals surface area (Å²) < 4.78 is 10.9. The summed E-state index contributed by atoms with van der Waals surface area (Å²) in [7, 11) is 1.32. The third kappa shape index (κ3) is 4.88. The molecule has 1 amide bonds. The predicted molar refractivity (Wildman–Crippen MR) is 127 cm³/mol. The Labute approximate surface area is 193 Å². The van der Waals surface area contributed by atoms with Crippen LogP contribution in [0.5, 0.6) is 11.5 Å². The number of ether oxygens (including phenoxy) is 2. The fourth-order valence-electron chi connectivity index (χ4n) is 3.75. The number of carbonyl (C=O) groups is 2. The van der Waals surface area contributed by atoms with Gasteiger partial charge in [-0.1, -0.05) is 60.2 Å². The Hall–Kier alpha value is -4.12. The molecule has 4 rings (SSSR count). The fourth-order valence-corrected chi connectivity index (χ4v) is 3.75. The summed E-state index contributed by atoms with van der Waals surface area (Å²) in [5.41, 5.74) is 4.05. The van der Waals surface area contributed by atoms with E-state index in [-0.39, 0.29) is 11.5 Å². The van der Waals surface area contributed by atoms with Crippen molar-refractivity contribution < 1.29 is 19.1 Å². The first kappa shape index (κ1) is 22.1. The average molecular weight is 440 g/mol. The monoisotopic (exact) mass is 439 g/mol. The largest absolute Gasteiger partial charge is 0.465 e. The van der Waals surface area contributed by atoms with Gasteiger partial charge in [0.05, 0.1) is 24.8 Å². The molecule has 33 heavy (non-hydrogen) atoms. The molecule has 0 radical (unpaired) electrons. The van der Waals surface area contributed by atoms with E-state index >= 15 is 0 Å². The molecule has 0 aromatic heterocycles. The highest BCUT2D eigenvalue weighted by Crippen LogP contribution is 2.33. The van der Waals surface area contributed by atoms with Crippen LogP contribution in [0.25, 0.3) is 6.08 Å². The topological polar surface area (TPSA) is 55.8 Å². The second kappa shape index (κ2) is 9.57. The lowest BCUT2D eigenvalue weighted by molar-refractivity contribution is -0.136.